The second kappa shape index (κ2) is 9.08. The number of aryl methyl sites for hydroxylation is 2. The van der Waals surface area contributed by atoms with Gasteiger partial charge in [-0.05, 0) is 73.0 Å². The Hall–Kier alpha value is -2.54. The average Bonchev–Trinajstić information content (AvgIpc) is 2.61. The fraction of sp³-hybridized carbons (Fsp3) is 0.136. The van der Waals surface area contributed by atoms with E-state index in [1.165, 1.54) is 18.2 Å². The van der Waals surface area contributed by atoms with Gasteiger partial charge in [0.1, 0.15) is 0 Å². The van der Waals surface area contributed by atoms with Crippen LogP contribution in [0.25, 0.3) is 0 Å². The maximum absolute atomic E-state index is 12.5. The monoisotopic (exact) mass is 462 g/mol. The Balaban J connectivity index is 1.66. The van der Waals surface area contributed by atoms with Crippen molar-refractivity contribution < 1.29 is 13.2 Å². The summed E-state index contributed by atoms with van der Waals surface area (Å²) >= 11 is 11.8. The number of carbonyl (C=O) groups is 1. The molecule has 0 saturated carbocycles. The second-order valence-corrected chi connectivity index (χ2v) is 9.56. The van der Waals surface area contributed by atoms with E-state index in [1.54, 1.807) is 24.3 Å². The molecule has 0 bridgehead atoms. The van der Waals surface area contributed by atoms with Crippen molar-refractivity contribution in [2.24, 2.45) is 0 Å². The Kier molecular flexibility index (Phi) is 6.71. The summed E-state index contributed by atoms with van der Waals surface area (Å²) in [5, 5.41) is 3.34. The van der Waals surface area contributed by atoms with Crippen molar-refractivity contribution in [3.63, 3.8) is 0 Å². The highest BCUT2D eigenvalue weighted by Crippen LogP contribution is 2.24. The van der Waals surface area contributed by atoms with Crippen LogP contribution in [-0.2, 0) is 21.2 Å². The Morgan fingerprint density at radius 3 is 1.97 bits per heavy atom. The van der Waals surface area contributed by atoms with Crippen LogP contribution in [0.3, 0.4) is 0 Å². The summed E-state index contributed by atoms with van der Waals surface area (Å²) in [7, 11) is -3.84. The molecule has 3 rings (SSSR count). The zero-order valence-corrected chi connectivity index (χ0v) is 18.7. The van der Waals surface area contributed by atoms with E-state index in [4.69, 9.17) is 23.2 Å². The molecule has 0 unspecified atom stereocenters. The molecule has 0 aliphatic rings. The Morgan fingerprint density at radius 1 is 0.833 bits per heavy atom. The van der Waals surface area contributed by atoms with Gasteiger partial charge in [0, 0.05) is 21.4 Å². The van der Waals surface area contributed by atoms with Gasteiger partial charge in [-0.15, -0.1) is 0 Å². The number of hydrogen-bond donors (Lipinski definition) is 2. The number of amides is 1. The average molecular weight is 463 g/mol. The van der Waals surface area contributed by atoms with Gasteiger partial charge in [-0.3, -0.25) is 9.52 Å². The fourth-order valence-electron chi connectivity index (χ4n) is 3.03. The minimum absolute atomic E-state index is 0.0306. The molecule has 0 aliphatic heterocycles. The molecule has 0 aromatic heterocycles. The van der Waals surface area contributed by atoms with Gasteiger partial charge >= 0.3 is 0 Å². The van der Waals surface area contributed by atoms with E-state index in [0.717, 1.165) is 22.4 Å². The zero-order valence-electron chi connectivity index (χ0n) is 16.4. The Bertz CT molecular complexity index is 1150. The summed E-state index contributed by atoms with van der Waals surface area (Å²) in [5.74, 6) is -0.151. The SMILES string of the molecule is Cc1cc(C)cc(NC(=O)Cc2ccc(NS(=O)(=O)c3cc(Cl)cc(Cl)c3)cc2)c1. The molecule has 0 fully saturated rings. The van der Waals surface area contributed by atoms with Gasteiger partial charge in [-0.2, -0.15) is 0 Å². The topological polar surface area (TPSA) is 75.3 Å². The molecular formula is C22H20Cl2N2O3S. The maximum Gasteiger partial charge on any atom is 0.261 e. The third-order valence-corrected chi connectivity index (χ3v) is 6.02. The number of benzene rings is 3. The first-order valence-electron chi connectivity index (χ1n) is 9.07. The molecule has 5 nitrogen and oxygen atoms in total. The normalized spacial score (nSPS) is 11.2. The van der Waals surface area contributed by atoms with Crippen LogP contribution in [0.1, 0.15) is 16.7 Å². The quantitative estimate of drug-likeness (QED) is 0.500. The molecule has 0 saturated heterocycles. The minimum Gasteiger partial charge on any atom is -0.326 e. The fourth-order valence-corrected chi connectivity index (χ4v) is 4.81. The lowest BCUT2D eigenvalue weighted by Gasteiger charge is -2.10. The third kappa shape index (κ3) is 5.98. The molecule has 0 radical (unpaired) electrons. The van der Waals surface area contributed by atoms with Gasteiger partial charge in [0.2, 0.25) is 5.91 Å². The number of nitrogens with one attached hydrogen (secondary N) is 2. The smallest absolute Gasteiger partial charge is 0.261 e. The maximum atomic E-state index is 12.5. The summed E-state index contributed by atoms with van der Waals surface area (Å²) < 4.78 is 27.5. The van der Waals surface area contributed by atoms with Crippen LogP contribution in [0, 0.1) is 13.8 Å². The van der Waals surface area contributed by atoms with Crippen LogP contribution in [0.4, 0.5) is 11.4 Å². The summed E-state index contributed by atoms with van der Waals surface area (Å²) in [6.07, 6.45) is 0.171. The zero-order chi connectivity index (χ0) is 21.9. The van der Waals surface area contributed by atoms with Crippen molar-refractivity contribution in [2.45, 2.75) is 25.2 Å². The van der Waals surface area contributed by atoms with Gasteiger partial charge < -0.3 is 5.32 Å². The van der Waals surface area contributed by atoms with Crippen molar-refractivity contribution in [3.05, 3.63) is 87.4 Å². The van der Waals surface area contributed by atoms with E-state index in [0.29, 0.717) is 5.69 Å². The standard InChI is InChI=1S/C22H20Cl2N2O3S/c1-14-7-15(2)9-20(8-14)25-22(27)10-16-3-5-19(6-4-16)26-30(28,29)21-12-17(23)11-18(24)13-21/h3-9,11-13,26H,10H2,1-2H3,(H,25,27). The highest BCUT2D eigenvalue weighted by Gasteiger charge is 2.16. The van der Waals surface area contributed by atoms with E-state index in [2.05, 4.69) is 10.0 Å². The van der Waals surface area contributed by atoms with Crippen molar-refractivity contribution in [1.29, 1.82) is 0 Å². The number of halogens is 2. The molecule has 3 aromatic carbocycles. The van der Waals surface area contributed by atoms with E-state index in [-0.39, 0.29) is 27.3 Å². The number of hydrogen-bond acceptors (Lipinski definition) is 3. The molecule has 0 atom stereocenters. The molecule has 3 aromatic rings. The summed E-state index contributed by atoms with van der Waals surface area (Å²) in [6, 6.07) is 16.5. The third-order valence-electron chi connectivity index (χ3n) is 4.22. The first kappa shape index (κ1) is 22.2. The van der Waals surface area contributed by atoms with Gasteiger partial charge in [-0.1, -0.05) is 41.4 Å². The highest BCUT2D eigenvalue weighted by molar-refractivity contribution is 7.92. The molecule has 8 heteroatoms. The van der Waals surface area contributed by atoms with Crippen molar-refractivity contribution in [2.75, 3.05) is 10.0 Å². The predicted octanol–water partition coefficient (Wildman–Crippen LogP) is 5.59. The lowest BCUT2D eigenvalue weighted by molar-refractivity contribution is -0.115. The van der Waals surface area contributed by atoms with Crippen LogP contribution in [0.2, 0.25) is 10.0 Å². The van der Waals surface area contributed by atoms with Crippen molar-refractivity contribution in [1.82, 2.24) is 0 Å². The first-order chi connectivity index (χ1) is 14.1. The Labute approximate surface area is 186 Å². The lowest BCUT2D eigenvalue weighted by atomic mass is 10.1. The number of sulfonamides is 1. The molecule has 0 heterocycles. The molecular weight excluding hydrogens is 443 g/mol. The van der Waals surface area contributed by atoms with Crippen LogP contribution in [-0.4, -0.2) is 14.3 Å². The van der Waals surface area contributed by atoms with Crippen LogP contribution < -0.4 is 10.0 Å². The molecule has 1 amide bonds. The number of anilines is 2. The lowest BCUT2D eigenvalue weighted by Crippen LogP contribution is -2.15. The molecule has 2 N–H and O–H groups in total. The van der Waals surface area contributed by atoms with Crippen molar-refractivity contribution in [3.8, 4) is 0 Å². The second-order valence-electron chi connectivity index (χ2n) is 7.01. The molecule has 30 heavy (non-hydrogen) atoms. The van der Waals surface area contributed by atoms with Gasteiger partial charge in [-0.25, -0.2) is 8.42 Å². The number of carbonyl (C=O) groups excluding carboxylic acids is 1. The molecule has 156 valence electrons. The minimum atomic E-state index is -3.84. The Morgan fingerprint density at radius 2 is 1.40 bits per heavy atom. The highest BCUT2D eigenvalue weighted by atomic mass is 35.5. The molecule has 0 spiro atoms. The van der Waals surface area contributed by atoms with Crippen LogP contribution in [0.5, 0.6) is 0 Å². The van der Waals surface area contributed by atoms with Gasteiger partial charge in [0.05, 0.1) is 11.3 Å². The summed E-state index contributed by atoms with van der Waals surface area (Å²) in [4.78, 5) is 12.3. The van der Waals surface area contributed by atoms with Crippen LogP contribution in [0.15, 0.2) is 65.6 Å². The number of rotatable bonds is 6. The summed E-state index contributed by atoms with van der Waals surface area (Å²) in [6.45, 7) is 3.94. The van der Waals surface area contributed by atoms with Gasteiger partial charge in [0.15, 0.2) is 0 Å². The van der Waals surface area contributed by atoms with E-state index in [1.807, 2.05) is 32.0 Å². The van der Waals surface area contributed by atoms with Crippen molar-refractivity contribution >= 4 is 50.5 Å². The molecule has 0 aliphatic carbocycles. The van der Waals surface area contributed by atoms with Crippen LogP contribution >= 0.6 is 23.2 Å². The largest absolute Gasteiger partial charge is 0.326 e. The predicted molar refractivity (Wildman–Crippen MR) is 122 cm³/mol. The van der Waals surface area contributed by atoms with E-state index < -0.39 is 10.0 Å². The van der Waals surface area contributed by atoms with E-state index in [9.17, 15) is 13.2 Å². The first-order valence-corrected chi connectivity index (χ1v) is 11.3. The van der Waals surface area contributed by atoms with E-state index >= 15 is 0 Å². The summed E-state index contributed by atoms with van der Waals surface area (Å²) in [5.41, 5.74) is 4.02. The van der Waals surface area contributed by atoms with Gasteiger partial charge in [0.25, 0.3) is 10.0 Å².